The fraction of sp³-hybridized carbons (Fsp3) is 0.500. The summed E-state index contributed by atoms with van der Waals surface area (Å²) >= 11 is 6.46. The quantitative estimate of drug-likeness (QED) is 0.144. The largest absolute Gasteiger partial charge is 0.480 e. The molecule has 11 nitrogen and oxygen atoms in total. The number of nitrogens with two attached hydrogens (primary N) is 1. The molecule has 1 aliphatic carbocycles. The van der Waals surface area contributed by atoms with Crippen LogP contribution in [0.2, 0.25) is 5.02 Å². The maximum Gasteiger partial charge on any atom is 0.328 e. The lowest BCUT2D eigenvalue weighted by Crippen LogP contribution is -2.44. The maximum atomic E-state index is 13.3. The summed E-state index contributed by atoms with van der Waals surface area (Å²) in [4.78, 5) is 61.5. The Morgan fingerprint density at radius 2 is 1.80 bits per heavy atom. The normalized spacial score (nSPS) is 20.9. The van der Waals surface area contributed by atoms with Gasteiger partial charge in [0.1, 0.15) is 12.1 Å². The van der Waals surface area contributed by atoms with Crippen LogP contribution in [0.15, 0.2) is 35.9 Å². The van der Waals surface area contributed by atoms with Crippen LogP contribution in [-0.4, -0.2) is 86.0 Å². The van der Waals surface area contributed by atoms with Gasteiger partial charge in [-0.1, -0.05) is 51.4 Å². The highest BCUT2D eigenvalue weighted by atomic mass is 35.5. The molecule has 6 N–H and O–H groups in total. The Kier molecular flexibility index (Phi) is 11.9. The number of benzene rings is 1. The van der Waals surface area contributed by atoms with Crippen LogP contribution >= 0.6 is 33.2 Å². The van der Waals surface area contributed by atoms with Crippen molar-refractivity contribution in [2.24, 2.45) is 11.7 Å². The van der Waals surface area contributed by atoms with E-state index in [1.807, 2.05) is 17.0 Å². The van der Waals surface area contributed by atoms with Crippen LogP contribution in [0.1, 0.15) is 43.7 Å². The van der Waals surface area contributed by atoms with Crippen molar-refractivity contribution in [3.8, 4) is 0 Å². The highest BCUT2D eigenvalue weighted by Gasteiger charge is 2.41. The number of piperidine rings is 1. The number of hydrogen-bond donors (Lipinski definition) is 5. The number of amides is 1. The van der Waals surface area contributed by atoms with E-state index in [2.05, 4.69) is 5.32 Å². The van der Waals surface area contributed by atoms with Crippen molar-refractivity contribution in [1.29, 1.82) is 0 Å². The van der Waals surface area contributed by atoms with Crippen molar-refractivity contribution in [2.75, 3.05) is 18.8 Å². The SMILES string of the molecule is NC(CCC(=O)NC(CSSC1CCN(C(C(=O)C2CC2)c2ccccc2Cl)C/C1=C/C(=O)O)C(=O)O)C(=O)O. The molecule has 40 heavy (non-hydrogen) atoms. The summed E-state index contributed by atoms with van der Waals surface area (Å²) in [5, 5.41) is 30.5. The number of likely N-dealkylation sites (tertiary alicyclic amines) is 1. The summed E-state index contributed by atoms with van der Waals surface area (Å²) in [7, 11) is 2.51. The highest BCUT2D eigenvalue weighted by Crippen LogP contribution is 2.43. The maximum absolute atomic E-state index is 13.3. The number of carboxylic acid groups (broad SMARTS) is 3. The standard InChI is InChI=1S/C26H32ClN3O8S2/c27-17-4-2-1-3-16(17)23(24(34)14-5-6-14)30-10-9-20(15(12-30)11-22(32)33)40-39-13-19(26(37)38)29-21(31)8-7-18(28)25(35)36/h1-4,11,14,18-20,23H,5-10,12-13,28H2,(H,29,31)(H,32,33)(H,35,36)(H,37,38)/b15-11-. The van der Waals surface area contributed by atoms with Gasteiger partial charge in [0.25, 0.3) is 0 Å². The summed E-state index contributed by atoms with van der Waals surface area (Å²) in [5.41, 5.74) is 6.68. The number of Topliss-reactive ketones (excluding diaryl/α,β-unsaturated/α-hetero) is 1. The highest BCUT2D eigenvalue weighted by molar-refractivity contribution is 8.77. The molecule has 4 unspecified atom stereocenters. The second kappa shape index (κ2) is 14.9. The van der Waals surface area contributed by atoms with Gasteiger partial charge in [0.05, 0.1) is 6.04 Å². The molecule has 1 amide bonds. The Hall–Kier alpha value is -2.58. The molecule has 14 heteroatoms. The average molecular weight is 614 g/mol. The van der Waals surface area contributed by atoms with Gasteiger partial charge in [-0.25, -0.2) is 9.59 Å². The summed E-state index contributed by atoms with van der Waals surface area (Å²) in [6.07, 6.45) is 2.95. The fourth-order valence-corrected chi connectivity index (χ4v) is 7.48. The minimum atomic E-state index is -1.25. The van der Waals surface area contributed by atoms with Crippen molar-refractivity contribution in [1.82, 2.24) is 10.2 Å². The molecule has 1 aromatic rings. The van der Waals surface area contributed by atoms with E-state index in [4.69, 9.17) is 22.4 Å². The Morgan fingerprint density at radius 1 is 1.10 bits per heavy atom. The number of ketones is 1. The van der Waals surface area contributed by atoms with Gasteiger partial charge in [-0.3, -0.25) is 19.3 Å². The second-order valence-electron chi connectivity index (χ2n) is 9.73. The first-order valence-electron chi connectivity index (χ1n) is 12.7. The van der Waals surface area contributed by atoms with Gasteiger partial charge in [-0.05, 0) is 42.9 Å². The van der Waals surface area contributed by atoms with E-state index in [0.717, 1.165) is 18.9 Å². The predicted molar refractivity (Wildman–Crippen MR) is 152 cm³/mol. The number of carbonyl (C=O) groups excluding carboxylic acids is 2. The third-order valence-electron chi connectivity index (χ3n) is 6.65. The first-order chi connectivity index (χ1) is 19.0. The molecule has 2 aliphatic rings. The zero-order valence-corrected chi connectivity index (χ0v) is 23.9. The van der Waals surface area contributed by atoms with E-state index >= 15 is 0 Å². The van der Waals surface area contributed by atoms with E-state index in [1.54, 1.807) is 12.1 Å². The van der Waals surface area contributed by atoms with Gasteiger partial charge in [-0.15, -0.1) is 0 Å². The Labute approximate surface area is 244 Å². The molecule has 0 radical (unpaired) electrons. The van der Waals surface area contributed by atoms with E-state index in [0.29, 0.717) is 29.1 Å². The molecule has 1 aromatic carbocycles. The number of rotatable bonds is 15. The van der Waals surface area contributed by atoms with Crippen LogP contribution in [0.3, 0.4) is 0 Å². The molecule has 1 heterocycles. The number of nitrogens with zero attached hydrogens (tertiary/aromatic N) is 1. The molecular formula is C26H32ClN3O8S2. The van der Waals surface area contributed by atoms with Crippen molar-refractivity contribution in [3.63, 3.8) is 0 Å². The Morgan fingerprint density at radius 3 is 2.40 bits per heavy atom. The molecule has 1 aliphatic heterocycles. The number of nitrogens with one attached hydrogen (secondary N) is 1. The third kappa shape index (κ3) is 9.23. The topological polar surface area (TPSA) is 187 Å². The van der Waals surface area contributed by atoms with Crippen molar-refractivity contribution in [2.45, 2.75) is 55.5 Å². The predicted octanol–water partition coefficient (Wildman–Crippen LogP) is 2.59. The van der Waals surface area contributed by atoms with E-state index in [-0.39, 0.29) is 42.1 Å². The molecule has 218 valence electrons. The summed E-state index contributed by atoms with van der Waals surface area (Å²) in [5.74, 6) is -4.20. The van der Waals surface area contributed by atoms with Crippen molar-refractivity contribution < 1.29 is 39.3 Å². The first-order valence-corrected chi connectivity index (χ1v) is 15.5. The summed E-state index contributed by atoms with van der Waals surface area (Å²) in [6, 6.07) is 4.13. The fourth-order valence-electron chi connectivity index (χ4n) is 4.37. The lowest BCUT2D eigenvalue weighted by atomic mass is 9.94. The van der Waals surface area contributed by atoms with Crippen molar-refractivity contribution >= 4 is 62.8 Å². The van der Waals surface area contributed by atoms with Crippen LogP contribution < -0.4 is 11.1 Å². The molecule has 3 rings (SSSR count). The van der Waals surface area contributed by atoms with Gasteiger partial charge in [0, 0.05) is 47.5 Å². The third-order valence-corrected chi connectivity index (χ3v) is 9.89. The van der Waals surface area contributed by atoms with Crippen LogP contribution in [-0.2, 0) is 24.0 Å². The molecule has 0 aromatic heterocycles. The number of halogens is 1. The Balaban J connectivity index is 1.64. The van der Waals surface area contributed by atoms with E-state index in [9.17, 15) is 34.2 Å². The molecular weight excluding hydrogens is 582 g/mol. The molecule has 4 atom stereocenters. The minimum Gasteiger partial charge on any atom is -0.480 e. The van der Waals surface area contributed by atoms with Crippen LogP contribution in [0, 0.1) is 5.92 Å². The lowest BCUT2D eigenvalue weighted by molar-refractivity contribution is -0.141. The summed E-state index contributed by atoms with van der Waals surface area (Å²) < 4.78 is 0. The second-order valence-corrected chi connectivity index (χ2v) is 12.8. The number of carboxylic acids is 3. The average Bonchev–Trinajstić information content (AvgIpc) is 3.74. The smallest absolute Gasteiger partial charge is 0.328 e. The molecule has 2 fully saturated rings. The van der Waals surface area contributed by atoms with Gasteiger partial charge >= 0.3 is 17.9 Å². The van der Waals surface area contributed by atoms with Crippen LogP contribution in [0.25, 0.3) is 0 Å². The number of carbonyl (C=O) groups is 5. The number of aliphatic carboxylic acids is 3. The van der Waals surface area contributed by atoms with Gasteiger partial charge in [-0.2, -0.15) is 0 Å². The molecule has 0 bridgehead atoms. The first kappa shape index (κ1) is 31.9. The molecule has 1 saturated carbocycles. The number of hydrogen-bond acceptors (Lipinski definition) is 9. The lowest BCUT2D eigenvalue weighted by Gasteiger charge is -2.38. The van der Waals surface area contributed by atoms with E-state index < -0.39 is 41.9 Å². The van der Waals surface area contributed by atoms with Gasteiger partial charge in [0.2, 0.25) is 5.91 Å². The van der Waals surface area contributed by atoms with Crippen LogP contribution in [0.5, 0.6) is 0 Å². The Bertz CT molecular complexity index is 1160. The van der Waals surface area contributed by atoms with E-state index in [1.165, 1.54) is 21.6 Å². The monoisotopic (exact) mass is 613 g/mol. The minimum absolute atomic E-state index is 0.000294. The van der Waals surface area contributed by atoms with Crippen LogP contribution in [0.4, 0.5) is 0 Å². The summed E-state index contributed by atoms with van der Waals surface area (Å²) in [6.45, 7) is 0.744. The molecule has 0 spiro atoms. The van der Waals surface area contributed by atoms with Gasteiger partial charge in [0.15, 0.2) is 5.78 Å². The molecule has 1 saturated heterocycles. The van der Waals surface area contributed by atoms with Gasteiger partial charge < -0.3 is 26.4 Å². The van der Waals surface area contributed by atoms with Crippen molar-refractivity contribution in [3.05, 3.63) is 46.5 Å². The zero-order chi connectivity index (χ0) is 29.4. The zero-order valence-electron chi connectivity index (χ0n) is 21.5.